The second-order valence-electron chi connectivity index (χ2n) is 7.43. The molecule has 0 unspecified atom stereocenters. The molecule has 1 aliphatic rings. The van der Waals surface area contributed by atoms with Crippen LogP contribution in [0.25, 0.3) is 21.9 Å². The first-order chi connectivity index (χ1) is 14.5. The first-order valence-electron chi connectivity index (χ1n) is 9.85. The van der Waals surface area contributed by atoms with Crippen molar-refractivity contribution in [2.75, 3.05) is 13.2 Å². The Balaban J connectivity index is 2.01. The molecule has 30 heavy (non-hydrogen) atoms. The van der Waals surface area contributed by atoms with Gasteiger partial charge in [-0.1, -0.05) is 18.2 Å². The second-order valence-corrected chi connectivity index (χ2v) is 7.43. The molecule has 4 rings (SSSR count). The smallest absolute Gasteiger partial charge is 0.303 e. The van der Waals surface area contributed by atoms with Crippen LogP contribution in [0, 0.1) is 11.6 Å². The highest BCUT2D eigenvalue weighted by molar-refractivity contribution is 6.02. The minimum Gasteiger partial charge on any atom is -0.507 e. The first-order valence-corrected chi connectivity index (χ1v) is 9.85. The maximum Gasteiger partial charge on any atom is 0.303 e. The van der Waals surface area contributed by atoms with Crippen LogP contribution in [0.4, 0.5) is 8.78 Å². The summed E-state index contributed by atoms with van der Waals surface area (Å²) in [4.78, 5) is 15.9. The first kappa shape index (κ1) is 20.2. The number of rotatable bonds is 5. The molecule has 2 N–H and O–H groups in total. The summed E-state index contributed by atoms with van der Waals surface area (Å²) in [7, 11) is 0. The lowest BCUT2D eigenvalue weighted by molar-refractivity contribution is -0.136. The summed E-state index contributed by atoms with van der Waals surface area (Å²) in [6.45, 7) is 1.12. The van der Waals surface area contributed by atoms with Gasteiger partial charge < -0.3 is 14.9 Å². The number of aliphatic carboxylic acids is 1. The molecule has 1 aliphatic heterocycles. The highest BCUT2D eigenvalue weighted by atomic mass is 19.2. The van der Waals surface area contributed by atoms with Crippen LogP contribution in [-0.2, 0) is 16.0 Å². The van der Waals surface area contributed by atoms with Gasteiger partial charge in [-0.3, -0.25) is 9.78 Å². The van der Waals surface area contributed by atoms with E-state index in [0.717, 1.165) is 12.1 Å². The lowest BCUT2D eigenvalue weighted by atomic mass is 9.86. The Hall–Kier alpha value is -3.06. The van der Waals surface area contributed by atoms with E-state index >= 15 is 0 Å². The number of hydrogen-bond acceptors (Lipinski definition) is 4. The molecule has 0 bridgehead atoms. The van der Waals surface area contributed by atoms with Gasteiger partial charge in [0.25, 0.3) is 0 Å². The van der Waals surface area contributed by atoms with Crippen LogP contribution in [0.1, 0.15) is 36.6 Å². The zero-order valence-corrected chi connectivity index (χ0v) is 16.2. The van der Waals surface area contributed by atoms with E-state index in [9.17, 15) is 18.7 Å². The van der Waals surface area contributed by atoms with E-state index in [-0.39, 0.29) is 24.5 Å². The maximum absolute atomic E-state index is 14.1. The lowest BCUT2D eigenvalue weighted by Gasteiger charge is -2.26. The zero-order chi connectivity index (χ0) is 21.3. The molecular weight excluding hydrogens is 392 g/mol. The van der Waals surface area contributed by atoms with E-state index in [1.165, 1.54) is 12.1 Å². The summed E-state index contributed by atoms with van der Waals surface area (Å²) < 4.78 is 33.1. The predicted molar refractivity (Wildman–Crippen MR) is 108 cm³/mol. The van der Waals surface area contributed by atoms with Crippen LogP contribution >= 0.6 is 0 Å². The number of aryl methyl sites for hydroxylation is 1. The fourth-order valence-corrected chi connectivity index (χ4v) is 4.07. The summed E-state index contributed by atoms with van der Waals surface area (Å²) in [6, 6.07) is 8.69. The number of carbonyl (C=O) groups is 1. The Labute approximate surface area is 171 Å². The summed E-state index contributed by atoms with van der Waals surface area (Å²) in [5.41, 5.74) is 2.27. The number of phenols is 1. The molecule has 5 nitrogen and oxygen atoms in total. The topological polar surface area (TPSA) is 79.7 Å². The Morgan fingerprint density at radius 1 is 1.13 bits per heavy atom. The maximum atomic E-state index is 14.1. The Morgan fingerprint density at radius 3 is 2.60 bits per heavy atom. The molecule has 2 heterocycles. The summed E-state index contributed by atoms with van der Waals surface area (Å²) in [5, 5.41) is 20.8. The van der Waals surface area contributed by atoms with Crippen molar-refractivity contribution in [2.45, 2.75) is 31.6 Å². The third kappa shape index (κ3) is 3.85. The van der Waals surface area contributed by atoms with Crippen molar-refractivity contribution in [1.29, 1.82) is 0 Å². The number of pyridine rings is 1. The molecule has 1 aromatic heterocycles. The normalized spacial score (nSPS) is 14.9. The molecule has 3 aromatic rings. The molecule has 0 spiro atoms. The van der Waals surface area contributed by atoms with Gasteiger partial charge in [0.1, 0.15) is 5.75 Å². The van der Waals surface area contributed by atoms with Crippen molar-refractivity contribution in [2.24, 2.45) is 0 Å². The van der Waals surface area contributed by atoms with Gasteiger partial charge in [0.15, 0.2) is 11.6 Å². The van der Waals surface area contributed by atoms with Crippen LogP contribution in [0.5, 0.6) is 5.75 Å². The molecule has 1 fully saturated rings. The predicted octanol–water partition coefficient (Wildman–Crippen LogP) is 4.80. The highest BCUT2D eigenvalue weighted by Gasteiger charge is 2.26. The Morgan fingerprint density at radius 2 is 1.90 bits per heavy atom. The molecule has 0 amide bonds. The highest BCUT2D eigenvalue weighted by Crippen LogP contribution is 2.42. The van der Waals surface area contributed by atoms with Gasteiger partial charge in [0.2, 0.25) is 0 Å². The molecule has 0 radical (unpaired) electrons. The number of aromatic hydroxyl groups is 1. The number of ether oxygens (including phenoxy) is 1. The van der Waals surface area contributed by atoms with Gasteiger partial charge in [0.05, 0.1) is 17.8 Å². The van der Waals surface area contributed by atoms with Crippen LogP contribution < -0.4 is 0 Å². The average molecular weight is 413 g/mol. The fraction of sp³-hybridized carbons (Fsp3) is 0.304. The van der Waals surface area contributed by atoms with Crippen LogP contribution in [0.2, 0.25) is 0 Å². The largest absolute Gasteiger partial charge is 0.507 e. The van der Waals surface area contributed by atoms with E-state index in [1.807, 2.05) is 0 Å². The van der Waals surface area contributed by atoms with Crippen molar-refractivity contribution in [3.63, 3.8) is 0 Å². The van der Waals surface area contributed by atoms with Gasteiger partial charge in [-0.05, 0) is 42.0 Å². The standard InChI is InChI=1S/C23H21F2NO4/c24-16-5-4-14(12-17(16)25)21-15-2-1-3-19(27)22(15)18(6-7-20(28)29)26-23(21)13-8-10-30-11-9-13/h1-5,12-13,27H,6-11H2,(H,28,29). The molecular formula is C23H21F2NO4. The van der Waals surface area contributed by atoms with Crippen LogP contribution in [0.3, 0.4) is 0 Å². The Bertz CT molecular complexity index is 1110. The summed E-state index contributed by atoms with van der Waals surface area (Å²) in [6.07, 6.45) is 1.45. The average Bonchev–Trinajstić information content (AvgIpc) is 2.74. The summed E-state index contributed by atoms with van der Waals surface area (Å²) >= 11 is 0. The number of hydrogen-bond donors (Lipinski definition) is 2. The van der Waals surface area contributed by atoms with E-state index < -0.39 is 17.6 Å². The van der Waals surface area contributed by atoms with E-state index in [0.29, 0.717) is 59.3 Å². The van der Waals surface area contributed by atoms with Gasteiger partial charge in [-0.15, -0.1) is 0 Å². The lowest BCUT2D eigenvalue weighted by Crippen LogP contribution is -2.17. The molecule has 1 saturated heterocycles. The third-order valence-electron chi connectivity index (χ3n) is 5.50. The molecule has 156 valence electrons. The second kappa shape index (κ2) is 8.36. The molecule has 0 aliphatic carbocycles. The SMILES string of the molecule is O=C(O)CCc1nc(C2CCOCC2)c(-c2ccc(F)c(F)c2)c2cccc(O)c12. The summed E-state index contributed by atoms with van der Waals surface area (Å²) in [5.74, 6) is -2.86. The van der Waals surface area contributed by atoms with Crippen molar-refractivity contribution in [1.82, 2.24) is 4.98 Å². The third-order valence-corrected chi connectivity index (χ3v) is 5.50. The van der Waals surface area contributed by atoms with Gasteiger partial charge in [-0.2, -0.15) is 0 Å². The van der Waals surface area contributed by atoms with Crippen molar-refractivity contribution >= 4 is 16.7 Å². The Kier molecular flexibility index (Phi) is 5.63. The number of nitrogens with zero attached hydrogens (tertiary/aromatic N) is 1. The molecule has 2 aromatic carbocycles. The molecule has 7 heteroatoms. The van der Waals surface area contributed by atoms with Crippen molar-refractivity contribution in [3.05, 3.63) is 59.4 Å². The van der Waals surface area contributed by atoms with Crippen LogP contribution in [0.15, 0.2) is 36.4 Å². The van der Waals surface area contributed by atoms with E-state index in [1.54, 1.807) is 12.1 Å². The molecule has 0 saturated carbocycles. The van der Waals surface area contributed by atoms with Crippen molar-refractivity contribution in [3.8, 4) is 16.9 Å². The number of benzene rings is 2. The van der Waals surface area contributed by atoms with Gasteiger partial charge >= 0.3 is 5.97 Å². The minimum absolute atomic E-state index is 0.0252. The minimum atomic E-state index is -0.964. The zero-order valence-electron chi connectivity index (χ0n) is 16.2. The van der Waals surface area contributed by atoms with E-state index in [4.69, 9.17) is 14.8 Å². The number of aromatic nitrogens is 1. The quantitative estimate of drug-likeness (QED) is 0.628. The number of fused-ring (bicyclic) bond motifs is 1. The fourth-order valence-electron chi connectivity index (χ4n) is 4.07. The monoisotopic (exact) mass is 413 g/mol. The number of carboxylic acids is 1. The van der Waals surface area contributed by atoms with Crippen molar-refractivity contribution < 1.29 is 28.5 Å². The number of halogens is 2. The van der Waals surface area contributed by atoms with Crippen LogP contribution in [-0.4, -0.2) is 34.4 Å². The number of phenolic OH excluding ortho intramolecular Hbond substituents is 1. The van der Waals surface area contributed by atoms with E-state index in [2.05, 4.69) is 0 Å². The van der Waals surface area contributed by atoms with Gasteiger partial charge in [-0.25, -0.2) is 8.78 Å². The number of carboxylic acid groups (broad SMARTS) is 1. The molecule has 0 atom stereocenters. The van der Waals surface area contributed by atoms with Gasteiger partial charge in [0, 0.05) is 36.5 Å².